The Kier molecular flexibility index (Phi) is 8.31. The topological polar surface area (TPSA) is 83.5 Å². The molecule has 3 fully saturated rings. The molecule has 28 heavy (non-hydrogen) atoms. The maximum absolute atomic E-state index is 12.6. The summed E-state index contributed by atoms with van der Waals surface area (Å²) >= 11 is 0. The lowest BCUT2D eigenvalue weighted by molar-refractivity contribution is -0.137. The van der Waals surface area contributed by atoms with E-state index in [4.69, 9.17) is 5.11 Å². The van der Waals surface area contributed by atoms with Crippen LogP contribution >= 0.6 is 0 Å². The van der Waals surface area contributed by atoms with E-state index < -0.39 is 16.0 Å². The lowest BCUT2D eigenvalue weighted by Gasteiger charge is -2.62. The number of allylic oxidation sites excluding steroid dienone is 3. The van der Waals surface area contributed by atoms with Crippen molar-refractivity contribution in [1.82, 2.24) is 4.72 Å². The molecule has 3 saturated carbocycles. The molecule has 3 aliphatic rings. The van der Waals surface area contributed by atoms with Crippen LogP contribution in [-0.2, 0) is 14.8 Å². The van der Waals surface area contributed by atoms with Crippen molar-refractivity contribution in [3.8, 4) is 0 Å². The van der Waals surface area contributed by atoms with Crippen LogP contribution in [0.2, 0.25) is 0 Å². The molecule has 3 rings (SSSR count). The van der Waals surface area contributed by atoms with Crippen molar-refractivity contribution < 1.29 is 18.3 Å². The van der Waals surface area contributed by atoms with E-state index in [1.807, 2.05) is 6.08 Å². The first-order valence-electron chi connectivity index (χ1n) is 10.6. The maximum Gasteiger partial charge on any atom is 0.303 e. The van der Waals surface area contributed by atoms with Crippen molar-refractivity contribution in [3.63, 3.8) is 0 Å². The third-order valence-electron chi connectivity index (χ3n) is 6.86. The second-order valence-electron chi connectivity index (χ2n) is 9.08. The first kappa shape index (κ1) is 23.1. The number of hydrogen-bond acceptors (Lipinski definition) is 3. The van der Waals surface area contributed by atoms with Crippen LogP contribution in [0.15, 0.2) is 24.8 Å². The number of aliphatic carboxylic acids is 1. The summed E-state index contributed by atoms with van der Waals surface area (Å²) in [5.41, 5.74) is 0.285. The molecule has 2 N–H and O–H groups in total. The Hall–Kier alpha value is -1.14. The second kappa shape index (κ2) is 10.1. The summed E-state index contributed by atoms with van der Waals surface area (Å²) in [6, 6.07) is 0.0184. The minimum Gasteiger partial charge on any atom is -0.481 e. The van der Waals surface area contributed by atoms with Crippen LogP contribution in [0.3, 0.4) is 0 Å². The van der Waals surface area contributed by atoms with Crippen LogP contribution in [-0.4, -0.2) is 31.3 Å². The van der Waals surface area contributed by atoms with Gasteiger partial charge in [0.05, 0.1) is 5.75 Å². The van der Waals surface area contributed by atoms with Gasteiger partial charge in [-0.05, 0) is 74.5 Å². The van der Waals surface area contributed by atoms with E-state index in [1.54, 1.807) is 0 Å². The van der Waals surface area contributed by atoms with Crippen molar-refractivity contribution in [2.24, 2.45) is 23.2 Å². The number of unbranched alkanes of at least 4 members (excludes halogenated alkanes) is 3. The SMILES string of the molecule is C=CCCCCS(=O)(=O)NC1CC2CC(C1CC=CCCCC(=O)O)C2(C)C. The molecule has 4 unspecified atom stereocenters. The van der Waals surface area contributed by atoms with Crippen LogP contribution in [0.1, 0.15) is 71.6 Å². The molecule has 160 valence electrons. The van der Waals surface area contributed by atoms with Gasteiger partial charge in [0.1, 0.15) is 0 Å². The Morgan fingerprint density at radius 3 is 2.57 bits per heavy atom. The molecular formula is C22H37NO4S. The van der Waals surface area contributed by atoms with Crippen LogP contribution in [0, 0.1) is 23.2 Å². The van der Waals surface area contributed by atoms with E-state index in [2.05, 4.69) is 37.3 Å². The van der Waals surface area contributed by atoms with E-state index in [0.29, 0.717) is 30.6 Å². The van der Waals surface area contributed by atoms with Crippen LogP contribution in [0.4, 0.5) is 0 Å². The molecule has 3 aliphatic carbocycles. The predicted octanol–water partition coefficient (Wildman–Crippen LogP) is 4.51. The van der Waals surface area contributed by atoms with Gasteiger partial charge in [0.2, 0.25) is 10.0 Å². The number of carboxylic acids is 1. The van der Waals surface area contributed by atoms with Crippen LogP contribution in [0.5, 0.6) is 0 Å². The van der Waals surface area contributed by atoms with E-state index in [9.17, 15) is 13.2 Å². The van der Waals surface area contributed by atoms with Crippen LogP contribution < -0.4 is 4.72 Å². The molecule has 0 spiro atoms. The summed E-state index contributed by atoms with van der Waals surface area (Å²) in [6.07, 6.45) is 13.0. The molecule has 0 heterocycles. The van der Waals surface area contributed by atoms with Gasteiger partial charge in [0.25, 0.3) is 0 Å². The van der Waals surface area contributed by atoms with Crippen LogP contribution in [0.25, 0.3) is 0 Å². The molecule has 0 aromatic heterocycles. The Morgan fingerprint density at radius 1 is 1.18 bits per heavy atom. The quantitative estimate of drug-likeness (QED) is 0.345. The molecule has 0 radical (unpaired) electrons. The largest absolute Gasteiger partial charge is 0.481 e. The average Bonchev–Trinajstić information content (AvgIpc) is 2.61. The molecule has 2 bridgehead atoms. The minimum absolute atomic E-state index is 0.0184. The van der Waals surface area contributed by atoms with Gasteiger partial charge in [-0.25, -0.2) is 13.1 Å². The number of carbonyl (C=O) groups is 1. The molecule has 0 aromatic rings. The number of hydrogen-bond donors (Lipinski definition) is 2. The molecule has 0 aliphatic heterocycles. The first-order chi connectivity index (χ1) is 13.2. The van der Waals surface area contributed by atoms with E-state index in [1.165, 1.54) is 6.42 Å². The Morgan fingerprint density at radius 2 is 1.93 bits per heavy atom. The first-order valence-corrected chi connectivity index (χ1v) is 12.3. The number of fused-ring (bicyclic) bond motifs is 2. The zero-order valence-electron chi connectivity index (χ0n) is 17.4. The number of rotatable bonds is 13. The highest BCUT2D eigenvalue weighted by Crippen LogP contribution is 2.62. The van der Waals surface area contributed by atoms with Crippen molar-refractivity contribution in [3.05, 3.63) is 24.8 Å². The average molecular weight is 412 g/mol. The van der Waals surface area contributed by atoms with Gasteiger partial charge in [-0.1, -0.05) is 32.1 Å². The summed E-state index contributed by atoms with van der Waals surface area (Å²) in [7, 11) is -3.26. The lowest BCUT2D eigenvalue weighted by Crippen LogP contribution is -2.61. The second-order valence-corrected chi connectivity index (χ2v) is 11.0. The van der Waals surface area contributed by atoms with E-state index in [-0.39, 0.29) is 23.6 Å². The van der Waals surface area contributed by atoms with Gasteiger partial charge in [-0.3, -0.25) is 4.79 Å². The molecular weight excluding hydrogens is 374 g/mol. The fraction of sp³-hybridized carbons (Fsp3) is 0.773. The summed E-state index contributed by atoms with van der Waals surface area (Å²) < 4.78 is 28.1. The van der Waals surface area contributed by atoms with Gasteiger partial charge in [0.15, 0.2) is 0 Å². The molecule has 0 amide bonds. The number of carboxylic acid groups (broad SMARTS) is 1. The molecule has 4 atom stereocenters. The molecule has 5 nitrogen and oxygen atoms in total. The van der Waals surface area contributed by atoms with Gasteiger partial charge in [-0.15, -0.1) is 6.58 Å². The third kappa shape index (κ3) is 6.18. The predicted molar refractivity (Wildman–Crippen MR) is 113 cm³/mol. The van der Waals surface area contributed by atoms with Gasteiger partial charge >= 0.3 is 5.97 Å². The highest BCUT2D eigenvalue weighted by Gasteiger charge is 2.57. The molecule has 0 saturated heterocycles. The van der Waals surface area contributed by atoms with Crippen molar-refractivity contribution in [2.75, 3.05) is 5.75 Å². The number of nitrogens with one attached hydrogen (secondary N) is 1. The highest BCUT2D eigenvalue weighted by atomic mass is 32.2. The van der Waals surface area contributed by atoms with Crippen molar-refractivity contribution >= 4 is 16.0 Å². The summed E-state index contributed by atoms with van der Waals surface area (Å²) in [6.45, 7) is 8.31. The third-order valence-corrected chi connectivity index (χ3v) is 8.35. The highest BCUT2D eigenvalue weighted by molar-refractivity contribution is 7.89. The van der Waals surface area contributed by atoms with E-state index >= 15 is 0 Å². The Bertz CT molecular complexity index is 668. The Balaban J connectivity index is 1.92. The normalized spacial score (nSPS) is 28.8. The Labute approximate surface area is 170 Å². The smallest absolute Gasteiger partial charge is 0.303 e. The minimum atomic E-state index is -3.26. The summed E-state index contributed by atoms with van der Waals surface area (Å²) in [5.74, 6) is 0.891. The standard InChI is InChI=1S/C22H37NO4S/c1-4-5-6-11-14-28(26,27)23-20-16-17-15-19(22(17,2)3)18(20)12-9-7-8-10-13-21(24)25/h4,7,9,17-20,23H,1,5-6,8,10-16H2,2-3H3,(H,24,25). The van der Waals surface area contributed by atoms with Gasteiger partial charge in [-0.2, -0.15) is 0 Å². The van der Waals surface area contributed by atoms with Gasteiger partial charge < -0.3 is 5.11 Å². The van der Waals surface area contributed by atoms with E-state index in [0.717, 1.165) is 32.1 Å². The van der Waals surface area contributed by atoms with Crippen molar-refractivity contribution in [2.45, 2.75) is 77.7 Å². The summed E-state index contributed by atoms with van der Waals surface area (Å²) in [4.78, 5) is 10.6. The fourth-order valence-corrected chi connectivity index (χ4v) is 6.46. The number of sulfonamides is 1. The van der Waals surface area contributed by atoms with Crippen molar-refractivity contribution in [1.29, 1.82) is 0 Å². The maximum atomic E-state index is 12.6. The molecule has 0 aromatic carbocycles. The molecule has 6 heteroatoms. The lowest BCUT2D eigenvalue weighted by atomic mass is 9.44. The van der Waals surface area contributed by atoms with Gasteiger partial charge in [0, 0.05) is 12.5 Å². The zero-order valence-corrected chi connectivity index (χ0v) is 18.2. The zero-order chi connectivity index (χ0) is 20.8. The summed E-state index contributed by atoms with van der Waals surface area (Å²) in [5, 5.41) is 8.71. The fourth-order valence-electron chi connectivity index (χ4n) is 5.02. The monoisotopic (exact) mass is 411 g/mol.